The van der Waals surface area contributed by atoms with Gasteiger partial charge in [-0.1, -0.05) is 19.1 Å². The molecule has 2 aliphatic heterocycles. The van der Waals surface area contributed by atoms with E-state index in [9.17, 15) is 9.18 Å². The van der Waals surface area contributed by atoms with Crippen LogP contribution in [0.2, 0.25) is 0 Å². The SMILES string of the molecule is CCC(C)n1ncn(-c2ccc(N3CCN(c4ccc(OC[C@@H]5CO[C@@](Cn6cnnn6)(c6ccc(F)cc6)O5)cn4)CC3)cc2)c1=O. The van der Waals surface area contributed by atoms with E-state index < -0.39 is 5.79 Å². The molecule has 2 fully saturated rings. The highest BCUT2D eigenvalue weighted by molar-refractivity contribution is 5.53. The second-order valence-electron chi connectivity index (χ2n) is 12.0. The first-order valence-electron chi connectivity index (χ1n) is 16.0. The average molecular weight is 657 g/mol. The molecule has 48 heavy (non-hydrogen) atoms. The van der Waals surface area contributed by atoms with Gasteiger partial charge in [0.1, 0.15) is 49.3 Å². The Labute approximate surface area is 276 Å². The van der Waals surface area contributed by atoms with E-state index in [1.165, 1.54) is 27.8 Å². The van der Waals surface area contributed by atoms with Crippen molar-refractivity contribution in [2.24, 2.45) is 0 Å². The summed E-state index contributed by atoms with van der Waals surface area (Å²) in [7, 11) is 0. The van der Waals surface area contributed by atoms with Gasteiger partial charge in [-0.25, -0.2) is 28.1 Å². The van der Waals surface area contributed by atoms with Crippen LogP contribution in [0, 0.1) is 5.82 Å². The molecule has 5 aromatic rings. The molecule has 250 valence electrons. The highest BCUT2D eigenvalue weighted by Gasteiger charge is 2.44. The third-order valence-electron chi connectivity index (χ3n) is 8.86. The molecule has 0 spiro atoms. The molecule has 2 saturated heterocycles. The van der Waals surface area contributed by atoms with E-state index in [0.29, 0.717) is 11.3 Å². The number of hydrogen-bond acceptors (Lipinski definition) is 11. The Hall–Kier alpha value is -5.15. The number of piperazine rings is 1. The highest BCUT2D eigenvalue weighted by atomic mass is 19.1. The summed E-state index contributed by atoms with van der Waals surface area (Å²) >= 11 is 0. The zero-order valence-electron chi connectivity index (χ0n) is 26.8. The maximum absolute atomic E-state index is 13.6. The molecule has 0 saturated carbocycles. The molecule has 15 heteroatoms. The van der Waals surface area contributed by atoms with Crippen LogP contribution in [0.15, 0.2) is 84.3 Å². The maximum atomic E-state index is 13.6. The quantitative estimate of drug-likeness (QED) is 0.208. The van der Waals surface area contributed by atoms with Gasteiger partial charge in [-0.3, -0.25) is 0 Å². The normalized spacial score (nSPS) is 20.3. The van der Waals surface area contributed by atoms with E-state index >= 15 is 0 Å². The number of nitrogens with zero attached hydrogens (tertiary/aromatic N) is 10. The first kappa shape index (κ1) is 31.4. The summed E-state index contributed by atoms with van der Waals surface area (Å²) in [6, 6.07) is 18.0. The third kappa shape index (κ3) is 6.51. The molecule has 7 rings (SSSR count). The lowest BCUT2D eigenvalue weighted by Gasteiger charge is -2.36. The summed E-state index contributed by atoms with van der Waals surface area (Å²) in [6.07, 6.45) is 5.24. The largest absolute Gasteiger partial charge is 0.489 e. The minimum absolute atomic E-state index is 0.0562. The van der Waals surface area contributed by atoms with Gasteiger partial charge in [0.25, 0.3) is 0 Å². The Morgan fingerprint density at radius 1 is 0.979 bits per heavy atom. The number of rotatable bonds is 11. The molecule has 1 unspecified atom stereocenters. The van der Waals surface area contributed by atoms with Crippen LogP contribution in [0.5, 0.6) is 5.75 Å². The van der Waals surface area contributed by atoms with Gasteiger partial charge in [0, 0.05) is 37.4 Å². The lowest BCUT2D eigenvalue weighted by molar-refractivity contribution is -0.191. The molecule has 2 aliphatic rings. The summed E-state index contributed by atoms with van der Waals surface area (Å²) in [5, 5.41) is 15.6. The summed E-state index contributed by atoms with van der Waals surface area (Å²) in [4.78, 5) is 22.0. The average Bonchev–Trinajstić information content (AvgIpc) is 3.89. The summed E-state index contributed by atoms with van der Waals surface area (Å²) < 4.78 is 36.8. The van der Waals surface area contributed by atoms with Gasteiger partial charge in [0.05, 0.1) is 24.5 Å². The second kappa shape index (κ2) is 13.5. The fourth-order valence-electron chi connectivity index (χ4n) is 5.96. The van der Waals surface area contributed by atoms with Crippen LogP contribution in [-0.4, -0.2) is 85.0 Å². The number of ether oxygens (including phenoxy) is 3. The lowest BCUT2D eigenvalue weighted by atomic mass is 10.1. The lowest BCUT2D eigenvalue weighted by Crippen LogP contribution is -2.46. The van der Waals surface area contributed by atoms with Crippen LogP contribution in [0.4, 0.5) is 15.9 Å². The molecule has 0 amide bonds. The Morgan fingerprint density at radius 3 is 2.42 bits per heavy atom. The van der Waals surface area contributed by atoms with E-state index in [1.807, 2.05) is 38.1 Å². The summed E-state index contributed by atoms with van der Waals surface area (Å²) in [5.74, 6) is -0.0265. The van der Waals surface area contributed by atoms with Crippen LogP contribution >= 0.6 is 0 Å². The fourth-order valence-corrected chi connectivity index (χ4v) is 5.96. The van der Waals surface area contributed by atoms with Gasteiger partial charge in [-0.15, -0.1) is 5.10 Å². The second-order valence-corrected chi connectivity index (χ2v) is 12.0. The van der Waals surface area contributed by atoms with Crippen molar-refractivity contribution in [2.45, 2.75) is 44.7 Å². The molecule has 2 aromatic carbocycles. The molecular formula is C33H37FN10O4. The smallest absolute Gasteiger partial charge is 0.350 e. The maximum Gasteiger partial charge on any atom is 0.350 e. The molecule has 3 atom stereocenters. The fraction of sp³-hybridized carbons (Fsp3) is 0.394. The van der Waals surface area contributed by atoms with Crippen LogP contribution in [0.25, 0.3) is 5.69 Å². The topological polar surface area (TPSA) is 130 Å². The van der Waals surface area contributed by atoms with Crippen molar-refractivity contribution in [1.82, 2.24) is 39.5 Å². The summed E-state index contributed by atoms with van der Waals surface area (Å²) in [5.41, 5.74) is 2.44. The number of aromatic nitrogens is 8. The highest BCUT2D eigenvalue weighted by Crippen LogP contribution is 2.36. The molecule has 5 heterocycles. The van der Waals surface area contributed by atoms with Crippen molar-refractivity contribution in [1.29, 1.82) is 0 Å². The zero-order chi connectivity index (χ0) is 33.1. The van der Waals surface area contributed by atoms with E-state index in [4.69, 9.17) is 14.2 Å². The van der Waals surface area contributed by atoms with Crippen LogP contribution in [-0.2, 0) is 21.8 Å². The van der Waals surface area contributed by atoms with Crippen molar-refractivity contribution < 1.29 is 18.6 Å². The zero-order valence-corrected chi connectivity index (χ0v) is 26.8. The van der Waals surface area contributed by atoms with Crippen molar-refractivity contribution >= 4 is 11.5 Å². The Bertz CT molecular complexity index is 1840. The van der Waals surface area contributed by atoms with Gasteiger partial charge in [-0.2, -0.15) is 5.10 Å². The molecule has 14 nitrogen and oxygen atoms in total. The Kier molecular flexibility index (Phi) is 8.86. The number of halogens is 1. The van der Waals surface area contributed by atoms with Crippen molar-refractivity contribution in [3.8, 4) is 11.4 Å². The molecule has 0 bridgehead atoms. The molecule has 0 N–H and O–H groups in total. The minimum Gasteiger partial charge on any atom is -0.489 e. The predicted octanol–water partition coefficient (Wildman–Crippen LogP) is 3.20. The van der Waals surface area contributed by atoms with Crippen LogP contribution < -0.4 is 20.2 Å². The predicted molar refractivity (Wildman–Crippen MR) is 174 cm³/mol. The van der Waals surface area contributed by atoms with Crippen LogP contribution in [0.1, 0.15) is 31.9 Å². The molecule has 3 aromatic heterocycles. The van der Waals surface area contributed by atoms with E-state index in [0.717, 1.165) is 49.8 Å². The minimum atomic E-state index is -1.18. The number of anilines is 2. The van der Waals surface area contributed by atoms with Gasteiger partial charge in [0.15, 0.2) is 0 Å². The van der Waals surface area contributed by atoms with E-state index in [1.54, 1.807) is 29.2 Å². The Balaban J connectivity index is 0.916. The number of pyridine rings is 1. The number of hydrogen-bond donors (Lipinski definition) is 0. The summed E-state index contributed by atoms with van der Waals surface area (Å²) in [6.45, 7) is 8.06. The van der Waals surface area contributed by atoms with Gasteiger partial charge >= 0.3 is 5.69 Å². The van der Waals surface area contributed by atoms with Crippen molar-refractivity contribution in [3.05, 3.63) is 101 Å². The molecular weight excluding hydrogens is 619 g/mol. The van der Waals surface area contributed by atoms with Crippen molar-refractivity contribution in [2.75, 3.05) is 49.2 Å². The first-order chi connectivity index (χ1) is 23.4. The van der Waals surface area contributed by atoms with Crippen LogP contribution in [0.3, 0.4) is 0 Å². The molecule has 0 radical (unpaired) electrons. The van der Waals surface area contributed by atoms with Gasteiger partial charge in [0.2, 0.25) is 5.79 Å². The molecule has 0 aliphatic carbocycles. The Morgan fingerprint density at radius 2 is 1.73 bits per heavy atom. The number of benzene rings is 2. The number of tetrazole rings is 1. The van der Waals surface area contributed by atoms with E-state index in [-0.39, 0.29) is 43.4 Å². The van der Waals surface area contributed by atoms with Gasteiger partial charge < -0.3 is 24.0 Å². The van der Waals surface area contributed by atoms with E-state index in [2.05, 4.69) is 47.5 Å². The van der Waals surface area contributed by atoms with Gasteiger partial charge in [-0.05, 0) is 72.3 Å². The monoisotopic (exact) mass is 656 g/mol. The first-order valence-corrected chi connectivity index (χ1v) is 16.0. The standard InChI is InChI=1S/C33H37FN10O4/c1-3-24(2)44-32(45)43(23-37-44)28-10-8-27(9-11-28)40-14-16-41(17-15-40)31-13-12-29(18-35-31)46-19-30-20-47-33(48-30,21-42-22-36-38-39-42)25-4-6-26(34)7-5-25/h4-13,18,22-24,30H,3,14-17,19-21H2,1-2H3/t24?,30-,33-/m1/s1. The van der Waals surface area contributed by atoms with Crippen molar-refractivity contribution in [3.63, 3.8) is 0 Å². The third-order valence-corrected chi connectivity index (χ3v) is 8.86.